The average Bonchev–Trinajstić information content (AvgIpc) is 3.72. The van der Waals surface area contributed by atoms with Crippen molar-refractivity contribution in [1.82, 2.24) is 19.1 Å². The minimum Gasteiger partial charge on any atom is -0.507 e. The summed E-state index contributed by atoms with van der Waals surface area (Å²) in [5.74, 6) is 0.219. The molecule has 45 heavy (non-hydrogen) atoms. The van der Waals surface area contributed by atoms with Crippen LogP contribution in [0.4, 0.5) is 0 Å². The topological polar surface area (TPSA) is 151 Å². The first-order valence-corrected chi connectivity index (χ1v) is 15.8. The summed E-state index contributed by atoms with van der Waals surface area (Å²) >= 11 is 0. The van der Waals surface area contributed by atoms with E-state index in [-0.39, 0.29) is 31.0 Å². The van der Waals surface area contributed by atoms with E-state index in [1.54, 1.807) is 119 Å². The third kappa shape index (κ3) is 11.7. The van der Waals surface area contributed by atoms with Gasteiger partial charge in [-0.15, -0.1) is 24.8 Å². The minimum absolute atomic E-state index is 0. The molecule has 0 radical (unpaired) electrons. The number of para-hydroxylation sites is 2. The van der Waals surface area contributed by atoms with E-state index < -0.39 is 16.1 Å². The number of phenols is 2. The molecule has 0 amide bonds. The average molecular weight is 696 g/mol. The van der Waals surface area contributed by atoms with Crippen LogP contribution in [0.1, 0.15) is 0 Å². The molecule has 13 heteroatoms. The van der Waals surface area contributed by atoms with E-state index in [4.69, 9.17) is 0 Å². The van der Waals surface area contributed by atoms with E-state index in [2.05, 4.69) is 22.6 Å². The predicted octanol–water partition coefficient (Wildman–Crippen LogP) is 4.74. The quantitative estimate of drug-likeness (QED) is 0.117. The Hall–Kier alpha value is -4.10. The molecule has 0 bridgehead atoms. The van der Waals surface area contributed by atoms with Crippen LogP contribution >= 0.6 is 16.1 Å². The van der Waals surface area contributed by atoms with E-state index in [0.717, 1.165) is 0 Å². The smallest absolute Gasteiger partial charge is 0.507 e. The molecule has 4 N–H and O–H groups in total. The molecule has 0 aliphatic carbocycles. The fourth-order valence-electron chi connectivity index (χ4n) is 3.79. The van der Waals surface area contributed by atoms with Gasteiger partial charge in [0.1, 0.15) is 11.5 Å². The van der Waals surface area contributed by atoms with E-state index >= 15 is 0 Å². The zero-order valence-corrected chi connectivity index (χ0v) is 29.6. The van der Waals surface area contributed by atoms with E-state index in [0.29, 0.717) is 32.9 Å². The van der Waals surface area contributed by atoms with Crippen LogP contribution in [0.3, 0.4) is 0 Å². The summed E-state index contributed by atoms with van der Waals surface area (Å²) in [5, 5.41) is 20.1. The number of aromatic hydroxyl groups is 2. The van der Waals surface area contributed by atoms with E-state index in [9.17, 15) is 29.1 Å². The van der Waals surface area contributed by atoms with Gasteiger partial charge in [0.25, 0.3) is 0 Å². The maximum Gasteiger partial charge on any atom is 2.00 e. The standard InChI is InChI=1S/2C12H11O3P.2C4H5N2.Zn/c2*13-11-7-3-1-5-9(11)10-6-2-4-8-12(10)16(14)15;2*1-6-3-2-5-4-6;/h2*1-8,13,16H,(H,14,15);2*2-3H,1H3;/q;;2*-1;+2. The fourth-order valence-corrected chi connectivity index (χ4v) is 5.17. The molecule has 4 aromatic carbocycles. The zero-order valence-electron chi connectivity index (χ0n) is 24.6. The molecule has 0 spiro atoms. The van der Waals surface area contributed by atoms with Gasteiger partial charge in [-0.1, -0.05) is 72.8 Å². The summed E-state index contributed by atoms with van der Waals surface area (Å²) in [4.78, 5) is 25.8. The molecule has 2 unspecified atom stereocenters. The van der Waals surface area contributed by atoms with Crippen LogP contribution in [-0.2, 0) is 42.7 Å². The number of imidazole rings is 2. The van der Waals surface area contributed by atoms with Crippen LogP contribution in [0.5, 0.6) is 11.5 Å². The van der Waals surface area contributed by atoms with Crippen LogP contribution in [0.25, 0.3) is 22.3 Å². The molecule has 2 atom stereocenters. The molecule has 0 aliphatic rings. The van der Waals surface area contributed by atoms with Crippen molar-refractivity contribution in [3.8, 4) is 33.8 Å². The summed E-state index contributed by atoms with van der Waals surface area (Å²) in [6, 6.07) is 27.1. The molecule has 0 saturated heterocycles. The third-order valence-electron chi connectivity index (χ3n) is 5.86. The molecule has 2 aromatic heterocycles. The van der Waals surface area contributed by atoms with Gasteiger partial charge in [-0.3, -0.25) is 9.13 Å². The van der Waals surface area contributed by atoms with Crippen molar-refractivity contribution in [2.24, 2.45) is 14.1 Å². The molecular formula is C32H32N4O6P2Zn. The van der Waals surface area contributed by atoms with Crippen molar-refractivity contribution in [1.29, 1.82) is 0 Å². The van der Waals surface area contributed by atoms with E-state index in [1.165, 1.54) is 0 Å². The maximum atomic E-state index is 11.2. The van der Waals surface area contributed by atoms with Crippen LogP contribution in [0.15, 0.2) is 122 Å². The number of nitrogens with zero attached hydrogens (tertiary/aromatic N) is 4. The Labute approximate surface area is 275 Å². The Morgan fingerprint density at radius 2 is 0.867 bits per heavy atom. The van der Waals surface area contributed by atoms with Gasteiger partial charge in [-0.25, -0.2) is 0 Å². The van der Waals surface area contributed by atoms with Crippen molar-refractivity contribution < 1.29 is 48.6 Å². The Bertz CT molecular complexity index is 1650. The summed E-state index contributed by atoms with van der Waals surface area (Å²) in [7, 11) is -1.77. The molecule has 0 saturated carbocycles. The summed E-state index contributed by atoms with van der Waals surface area (Å²) in [5.41, 5.74) is 2.36. The van der Waals surface area contributed by atoms with Crippen LogP contribution in [0.2, 0.25) is 0 Å². The summed E-state index contributed by atoms with van der Waals surface area (Å²) in [6.45, 7) is 0. The largest absolute Gasteiger partial charge is 2.00 e. The number of benzene rings is 4. The fraction of sp³-hybridized carbons (Fsp3) is 0.0625. The first-order valence-electron chi connectivity index (χ1n) is 13.1. The van der Waals surface area contributed by atoms with Gasteiger partial charge in [-0.05, 0) is 49.5 Å². The number of aryl methyl sites for hydroxylation is 2. The SMILES string of the molecule is Cn1[c-]ncc1.Cn1[c-]ncc1.O=[PH](O)c1ccccc1-c1ccccc1O.O=[PH](O)c1ccccc1-c1ccccc1O.[Zn+2]. The first-order chi connectivity index (χ1) is 21.2. The van der Waals surface area contributed by atoms with Gasteiger partial charge in [0, 0.05) is 34.4 Å². The monoisotopic (exact) mass is 694 g/mol. The Balaban J connectivity index is 0.000000227. The zero-order chi connectivity index (χ0) is 31.9. The summed E-state index contributed by atoms with van der Waals surface area (Å²) < 4.78 is 25.9. The second kappa shape index (κ2) is 19.3. The van der Waals surface area contributed by atoms with Gasteiger partial charge < -0.3 is 39.1 Å². The van der Waals surface area contributed by atoms with Crippen molar-refractivity contribution in [3.05, 3.63) is 135 Å². The minimum atomic E-state index is -2.77. The molecule has 0 fully saturated rings. The van der Waals surface area contributed by atoms with Crippen LogP contribution < -0.4 is 10.6 Å². The van der Waals surface area contributed by atoms with Crippen molar-refractivity contribution in [2.75, 3.05) is 0 Å². The van der Waals surface area contributed by atoms with Crippen molar-refractivity contribution in [2.45, 2.75) is 0 Å². The first kappa shape index (κ1) is 37.1. The Morgan fingerprint density at radius 1 is 0.556 bits per heavy atom. The Kier molecular flexibility index (Phi) is 15.9. The third-order valence-corrected chi connectivity index (χ3v) is 7.66. The van der Waals surface area contributed by atoms with Gasteiger partial charge in [0.15, 0.2) is 0 Å². The molecule has 10 nitrogen and oxygen atoms in total. The number of aromatic nitrogens is 4. The molecule has 6 aromatic rings. The molecule has 2 heterocycles. The second-order valence-electron chi connectivity index (χ2n) is 9.01. The number of hydrogen-bond donors (Lipinski definition) is 4. The predicted molar refractivity (Wildman–Crippen MR) is 173 cm³/mol. The molecular weight excluding hydrogens is 664 g/mol. The van der Waals surface area contributed by atoms with Crippen molar-refractivity contribution >= 4 is 26.7 Å². The van der Waals surface area contributed by atoms with Gasteiger partial charge in [-0.2, -0.15) is 0 Å². The van der Waals surface area contributed by atoms with E-state index in [1.807, 2.05) is 26.5 Å². The summed E-state index contributed by atoms with van der Waals surface area (Å²) in [6.07, 6.45) is 12.4. The normalized spacial score (nSPS) is 11.1. The molecule has 6 rings (SSSR count). The van der Waals surface area contributed by atoms with Gasteiger partial charge in [0.2, 0.25) is 16.1 Å². The number of hydrogen-bond acceptors (Lipinski definition) is 6. The van der Waals surface area contributed by atoms with Gasteiger partial charge in [0.05, 0.1) is 0 Å². The van der Waals surface area contributed by atoms with Gasteiger partial charge >= 0.3 is 19.5 Å². The number of phenolic OH excluding ortho intramolecular Hbond substituents is 2. The van der Waals surface area contributed by atoms with Crippen LogP contribution in [-0.4, -0.2) is 39.1 Å². The second-order valence-corrected chi connectivity index (χ2v) is 11.3. The van der Waals surface area contributed by atoms with Crippen LogP contribution in [0, 0.1) is 12.7 Å². The maximum absolute atomic E-state index is 11.2. The molecule has 0 aliphatic heterocycles. The Morgan fingerprint density at radius 3 is 1.11 bits per heavy atom. The number of rotatable bonds is 4. The van der Waals surface area contributed by atoms with Crippen molar-refractivity contribution in [3.63, 3.8) is 0 Å². The molecule has 228 valence electrons.